The molecule has 0 spiro atoms. The molecule has 1 heterocycles. The normalized spacial score (nSPS) is 12.2. The number of aliphatic imine (C=N–C) groups is 1. The van der Waals surface area contributed by atoms with Gasteiger partial charge >= 0.3 is 0 Å². The zero-order chi connectivity index (χ0) is 17.4. The van der Waals surface area contributed by atoms with Gasteiger partial charge in [-0.05, 0) is 30.2 Å². The van der Waals surface area contributed by atoms with Gasteiger partial charge in [0.05, 0.1) is 0 Å². The van der Waals surface area contributed by atoms with Gasteiger partial charge in [-0.25, -0.2) is 0 Å². The van der Waals surface area contributed by atoms with E-state index < -0.39 is 0 Å². The van der Waals surface area contributed by atoms with E-state index in [0.29, 0.717) is 0 Å². The molecule has 0 radical (unpaired) electrons. The zero-order valence-electron chi connectivity index (χ0n) is 14.6. The Hall–Kier alpha value is -1.82. The maximum absolute atomic E-state index is 4.30. The number of hydrogen-bond donors (Lipinski definition) is 2. The van der Waals surface area contributed by atoms with Gasteiger partial charge in [0.15, 0.2) is 5.96 Å². The molecule has 0 bridgehead atoms. The lowest BCUT2D eigenvalue weighted by atomic mass is 9.85. The molecule has 2 N–H and O–H groups in total. The van der Waals surface area contributed by atoms with Crippen LogP contribution in [-0.4, -0.2) is 35.9 Å². The summed E-state index contributed by atoms with van der Waals surface area (Å²) in [6.45, 7) is 7.03. The lowest BCUT2D eigenvalue weighted by Crippen LogP contribution is -2.43. The first-order valence-corrected chi connectivity index (χ1v) is 8.98. The maximum Gasteiger partial charge on any atom is 0.191 e. The summed E-state index contributed by atoms with van der Waals surface area (Å²) in [7, 11) is 1.80. The summed E-state index contributed by atoms with van der Waals surface area (Å²) in [5, 5.41) is 11.0. The zero-order valence-corrected chi connectivity index (χ0v) is 16.2. The van der Waals surface area contributed by atoms with E-state index in [1.54, 1.807) is 13.2 Å². The summed E-state index contributed by atoms with van der Waals surface area (Å²) in [5.41, 5.74) is 1.30. The molecular formula is C18H26BrN5. The van der Waals surface area contributed by atoms with E-state index in [4.69, 9.17) is 0 Å². The molecule has 0 unspecified atom stereocenters. The molecule has 24 heavy (non-hydrogen) atoms. The number of aryl methyl sites for hydroxylation is 1. The fourth-order valence-corrected chi connectivity index (χ4v) is 2.82. The lowest BCUT2D eigenvalue weighted by Gasteiger charge is -2.27. The van der Waals surface area contributed by atoms with Crippen molar-refractivity contribution in [3.63, 3.8) is 0 Å². The molecule has 0 aliphatic rings. The second-order valence-electron chi connectivity index (χ2n) is 6.37. The first-order chi connectivity index (χ1) is 11.5. The van der Waals surface area contributed by atoms with Crippen LogP contribution in [0.25, 0.3) is 0 Å². The number of guanidine groups is 1. The molecule has 0 aliphatic carbocycles. The van der Waals surface area contributed by atoms with Crippen LogP contribution in [-0.2, 0) is 12.0 Å². The van der Waals surface area contributed by atoms with E-state index in [0.717, 1.165) is 36.5 Å². The number of hydrogen-bond acceptors (Lipinski definition) is 2. The number of nitrogens with zero attached hydrogens (tertiary/aromatic N) is 3. The molecule has 1 aromatic heterocycles. The first kappa shape index (κ1) is 18.5. The third-order valence-corrected chi connectivity index (χ3v) is 4.44. The van der Waals surface area contributed by atoms with Gasteiger partial charge < -0.3 is 10.6 Å². The monoisotopic (exact) mass is 391 g/mol. The smallest absolute Gasteiger partial charge is 0.191 e. The van der Waals surface area contributed by atoms with E-state index in [9.17, 15) is 0 Å². The summed E-state index contributed by atoms with van der Waals surface area (Å²) in [4.78, 5) is 4.30. The third-order valence-electron chi connectivity index (χ3n) is 3.94. The Morgan fingerprint density at radius 1 is 1.29 bits per heavy atom. The predicted octanol–water partition coefficient (Wildman–Crippen LogP) is 3.18. The Kier molecular flexibility index (Phi) is 6.85. The number of benzene rings is 1. The van der Waals surface area contributed by atoms with E-state index in [1.807, 2.05) is 23.0 Å². The predicted molar refractivity (Wildman–Crippen MR) is 103 cm³/mol. The minimum Gasteiger partial charge on any atom is -0.356 e. The van der Waals surface area contributed by atoms with Crippen molar-refractivity contribution in [2.45, 2.75) is 32.2 Å². The second-order valence-corrected chi connectivity index (χ2v) is 7.29. The van der Waals surface area contributed by atoms with Gasteiger partial charge in [-0.2, -0.15) is 5.10 Å². The van der Waals surface area contributed by atoms with Crippen LogP contribution in [0.5, 0.6) is 0 Å². The quantitative estimate of drug-likeness (QED) is 0.432. The van der Waals surface area contributed by atoms with Crippen molar-refractivity contribution in [2.24, 2.45) is 4.99 Å². The Labute approximate surface area is 152 Å². The second kappa shape index (κ2) is 8.87. The summed E-state index contributed by atoms with van der Waals surface area (Å²) < 4.78 is 3.04. The fraction of sp³-hybridized carbons (Fsp3) is 0.444. The average Bonchev–Trinajstić information content (AvgIpc) is 3.07. The number of nitrogens with one attached hydrogen (secondary N) is 2. The van der Waals surface area contributed by atoms with Crippen molar-refractivity contribution >= 4 is 21.9 Å². The molecule has 0 saturated carbocycles. The maximum atomic E-state index is 4.30. The summed E-state index contributed by atoms with van der Waals surface area (Å²) in [6.07, 6.45) is 4.78. The highest BCUT2D eigenvalue weighted by molar-refractivity contribution is 9.10. The van der Waals surface area contributed by atoms with Crippen LogP contribution in [0, 0.1) is 0 Å². The molecule has 0 saturated heterocycles. The molecule has 130 valence electrons. The molecule has 0 fully saturated rings. The van der Waals surface area contributed by atoms with Crippen molar-refractivity contribution in [1.29, 1.82) is 0 Å². The van der Waals surface area contributed by atoms with Crippen LogP contribution >= 0.6 is 15.9 Å². The lowest BCUT2D eigenvalue weighted by molar-refractivity contribution is 0.506. The molecule has 1 aromatic carbocycles. The van der Waals surface area contributed by atoms with Crippen LogP contribution in [0.15, 0.2) is 52.2 Å². The Morgan fingerprint density at radius 2 is 2.12 bits per heavy atom. The van der Waals surface area contributed by atoms with Gasteiger partial charge in [0.1, 0.15) is 0 Å². The number of aromatic nitrogens is 2. The Morgan fingerprint density at radius 3 is 2.79 bits per heavy atom. The van der Waals surface area contributed by atoms with Crippen LogP contribution < -0.4 is 10.6 Å². The van der Waals surface area contributed by atoms with E-state index in [1.165, 1.54) is 5.56 Å². The molecule has 0 aliphatic heterocycles. The van der Waals surface area contributed by atoms with Gasteiger partial charge in [-0.15, -0.1) is 0 Å². The number of rotatable bonds is 7. The molecule has 0 atom stereocenters. The topological polar surface area (TPSA) is 54.2 Å². The molecule has 2 rings (SSSR count). The van der Waals surface area contributed by atoms with Crippen LogP contribution in [0.2, 0.25) is 0 Å². The molecular weight excluding hydrogens is 366 g/mol. The molecule has 6 heteroatoms. The van der Waals surface area contributed by atoms with Crippen molar-refractivity contribution in [3.05, 3.63) is 52.8 Å². The number of halogens is 1. The third kappa shape index (κ3) is 5.67. The highest BCUT2D eigenvalue weighted by Crippen LogP contribution is 2.24. The highest BCUT2D eigenvalue weighted by atomic mass is 79.9. The Balaban J connectivity index is 1.78. The average molecular weight is 392 g/mol. The molecule has 2 aromatic rings. The van der Waals surface area contributed by atoms with Crippen LogP contribution in [0.3, 0.4) is 0 Å². The summed E-state index contributed by atoms with van der Waals surface area (Å²) >= 11 is 3.54. The highest BCUT2D eigenvalue weighted by Gasteiger charge is 2.21. The summed E-state index contributed by atoms with van der Waals surface area (Å²) in [6, 6.07) is 10.4. The van der Waals surface area contributed by atoms with Crippen molar-refractivity contribution in [3.8, 4) is 0 Å². The SMILES string of the molecule is CN=C(NCCCn1cccn1)NCC(C)(C)c1cccc(Br)c1. The van der Waals surface area contributed by atoms with Gasteiger partial charge in [-0.3, -0.25) is 9.67 Å². The van der Waals surface area contributed by atoms with Crippen molar-refractivity contribution < 1.29 is 0 Å². The molecule has 0 amide bonds. The van der Waals surface area contributed by atoms with Crippen LogP contribution in [0.1, 0.15) is 25.8 Å². The van der Waals surface area contributed by atoms with Gasteiger partial charge in [0, 0.05) is 49.0 Å². The fourth-order valence-electron chi connectivity index (χ4n) is 2.42. The largest absolute Gasteiger partial charge is 0.356 e. The van der Waals surface area contributed by atoms with Crippen molar-refractivity contribution in [2.75, 3.05) is 20.1 Å². The van der Waals surface area contributed by atoms with Crippen LogP contribution in [0.4, 0.5) is 0 Å². The van der Waals surface area contributed by atoms with Crippen molar-refractivity contribution in [1.82, 2.24) is 20.4 Å². The van der Waals surface area contributed by atoms with Gasteiger partial charge in [0.2, 0.25) is 0 Å². The minimum absolute atomic E-state index is 0.0104. The first-order valence-electron chi connectivity index (χ1n) is 8.19. The molecule has 5 nitrogen and oxygen atoms in total. The van der Waals surface area contributed by atoms with E-state index >= 15 is 0 Å². The van der Waals surface area contributed by atoms with E-state index in [2.05, 4.69) is 68.7 Å². The van der Waals surface area contributed by atoms with Gasteiger partial charge in [0.25, 0.3) is 0 Å². The van der Waals surface area contributed by atoms with Gasteiger partial charge in [-0.1, -0.05) is 41.9 Å². The Bertz CT molecular complexity index is 649. The minimum atomic E-state index is 0.0104. The van der Waals surface area contributed by atoms with E-state index in [-0.39, 0.29) is 5.41 Å². The standard InChI is InChI=1S/C18H26BrN5/c1-18(2,15-7-4-8-16(19)13-15)14-22-17(20-3)21-9-5-11-24-12-6-10-23-24/h4,6-8,10,12-13H,5,9,11,14H2,1-3H3,(H2,20,21,22). The summed E-state index contributed by atoms with van der Waals surface area (Å²) in [5.74, 6) is 0.832.